The number of rotatable bonds is 4. The van der Waals surface area contributed by atoms with E-state index >= 15 is 0 Å². The number of nitrogens with zero attached hydrogens (tertiary/aromatic N) is 2. The topological polar surface area (TPSA) is 32.8 Å². The minimum atomic E-state index is 0.125. The second-order valence-corrected chi connectivity index (χ2v) is 6.70. The first-order valence-electron chi connectivity index (χ1n) is 7.90. The number of hydrogen-bond donors (Lipinski definition) is 0. The fourth-order valence-electron chi connectivity index (χ4n) is 3.79. The molecule has 1 aromatic rings. The van der Waals surface area contributed by atoms with Crippen molar-refractivity contribution in [2.24, 2.45) is 0 Å². The fraction of sp³-hybridized carbons (Fsp3) is 0.588. The molecule has 1 saturated heterocycles. The third-order valence-corrected chi connectivity index (χ3v) is 5.17. The van der Waals surface area contributed by atoms with Gasteiger partial charge < -0.3 is 9.64 Å². The van der Waals surface area contributed by atoms with Crippen LogP contribution in [0.4, 0.5) is 0 Å². The Morgan fingerprint density at radius 2 is 2.14 bits per heavy atom. The Hall–Kier alpha value is -1.10. The highest BCUT2D eigenvalue weighted by molar-refractivity contribution is 6.13. The van der Waals surface area contributed by atoms with Gasteiger partial charge in [0.25, 0.3) is 5.91 Å². The predicted octanol–water partition coefficient (Wildman–Crippen LogP) is 2.58. The number of ether oxygens (including phenoxy) is 1. The van der Waals surface area contributed by atoms with Gasteiger partial charge in [0.15, 0.2) is 0 Å². The molecule has 0 aromatic heterocycles. The summed E-state index contributed by atoms with van der Waals surface area (Å²) in [7, 11) is 1.67. The molecule has 22 heavy (non-hydrogen) atoms. The minimum absolute atomic E-state index is 0.125. The van der Waals surface area contributed by atoms with E-state index in [9.17, 15) is 4.79 Å². The van der Waals surface area contributed by atoms with Gasteiger partial charge in [0.2, 0.25) is 0 Å². The van der Waals surface area contributed by atoms with E-state index in [4.69, 9.17) is 16.5 Å². The lowest BCUT2D eigenvalue weighted by Gasteiger charge is -2.39. The number of methoxy groups -OCH3 is 1. The number of fused-ring (bicyclic) bond motifs is 3. The maximum absolute atomic E-state index is 13.0. The van der Waals surface area contributed by atoms with Gasteiger partial charge in [0.1, 0.15) is 0 Å². The summed E-state index contributed by atoms with van der Waals surface area (Å²) in [6.07, 6.45) is 0.984. The van der Waals surface area contributed by atoms with Crippen LogP contribution in [0.3, 0.4) is 0 Å². The highest BCUT2D eigenvalue weighted by Crippen LogP contribution is 2.40. The molecule has 2 heterocycles. The monoisotopic (exact) mass is 322 g/mol. The van der Waals surface area contributed by atoms with Gasteiger partial charge in [0, 0.05) is 38.2 Å². The first-order valence-corrected chi connectivity index (χ1v) is 8.24. The Balaban J connectivity index is 2.07. The zero-order valence-corrected chi connectivity index (χ0v) is 14.2. The van der Waals surface area contributed by atoms with Crippen LogP contribution < -0.4 is 0 Å². The Morgan fingerprint density at radius 1 is 1.36 bits per heavy atom. The van der Waals surface area contributed by atoms with E-state index in [1.165, 1.54) is 11.1 Å². The van der Waals surface area contributed by atoms with Gasteiger partial charge in [-0.1, -0.05) is 19.1 Å². The number of hydrogen-bond acceptors (Lipinski definition) is 3. The minimum Gasteiger partial charge on any atom is -0.383 e. The van der Waals surface area contributed by atoms with Crippen molar-refractivity contribution in [3.05, 3.63) is 34.4 Å². The van der Waals surface area contributed by atoms with Gasteiger partial charge in [-0.25, -0.2) is 4.42 Å². The molecule has 2 atom stereocenters. The smallest absolute Gasteiger partial charge is 0.254 e. The van der Waals surface area contributed by atoms with Gasteiger partial charge in [-0.3, -0.25) is 4.79 Å². The maximum atomic E-state index is 13.0. The van der Waals surface area contributed by atoms with Crippen molar-refractivity contribution in [3.8, 4) is 0 Å². The van der Waals surface area contributed by atoms with Crippen molar-refractivity contribution >= 4 is 17.7 Å². The van der Waals surface area contributed by atoms with E-state index in [1.54, 1.807) is 7.11 Å². The average molecular weight is 323 g/mol. The molecule has 120 valence electrons. The molecule has 1 amide bonds. The van der Waals surface area contributed by atoms with E-state index in [0.29, 0.717) is 19.1 Å². The number of amides is 1. The van der Waals surface area contributed by atoms with Crippen molar-refractivity contribution in [2.75, 3.05) is 33.4 Å². The van der Waals surface area contributed by atoms with E-state index in [2.05, 4.69) is 19.1 Å². The standard InChI is InChI=1S/C17H23ClN2O2/c1-4-12-7-11(2)16-13(8-12)14-9-19(18)10-15(14)20(17(16)21)5-6-22-3/h7-8,14-15H,4-6,9-10H2,1-3H3/t14-,15+/m1/s1. The highest BCUT2D eigenvalue weighted by Gasteiger charge is 2.45. The summed E-state index contributed by atoms with van der Waals surface area (Å²) in [5.41, 5.74) is 4.43. The predicted molar refractivity (Wildman–Crippen MR) is 87.4 cm³/mol. The Labute approximate surface area is 137 Å². The second kappa shape index (κ2) is 6.19. The number of aryl methyl sites for hydroxylation is 2. The molecule has 0 radical (unpaired) electrons. The largest absolute Gasteiger partial charge is 0.383 e. The van der Waals surface area contributed by atoms with Crippen LogP contribution in [0.1, 0.15) is 39.9 Å². The molecule has 0 bridgehead atoms. The van der Waals surface area contributed by atoms with E-state index in [0.717, 1.165) is 30.6 Å². The Bertz CT molecular complexity index is 590. The first kappa shape index (κ1) is 15.8. The molecular weight excluding hydrogens is 300 g/mol. The molecule has 1 aromatic carbocycles. The van der Waals surface area contributed by atoms with E-state index < -0.39 is 0 Å². The van der Waals surface area contributed by atoms with Crippen LogP contribution in [-0.4, -0.2) is 54.6 Å². The second-order valence-electron chi connectivity index (χ2n) is 6.22. The SMILES string of the molecule is CCc1cc(C)c2c(c1)[C@H]1CN(Cl)C[C@@H]1N(CCOC)C2=O. The summed E-state index contributed by atoms with van der Waals surface area (Å²) < 4.78 is 6.99. The lowest BCUT2D eigenvalue weighted by molar-refractivity contribution is 0.0566. The van der Waals surface area contributed by atoms with Crippen LogP contribution in [0.25, 0.3) is 0 Å². The highest BCUT2D eigenvalue weighted by atomic mass is 35.5. The van der Waals surface area contributed by atoms with Gasteiger partial charge >= 0.3 is 0 Å². The van der Waals surface area contributed by atoms with Crippen LogP contribution >= 0.6 is 11.8 Å². The van der Waals surface area contributed by atoms with Crippen molar-refractivity contribution in [1.82, 2.24) is 9.32 Å². The van der Waals surface area contributed by atoms with Crippen LogP contribution in [0.5, 0.6) is 0 Å². The molecule has 5 heteroatoms. The number of halogens is 1. The van der Waals surface area contributed by atoms with E-state index in [1.807, 2.05) is 16.2 Å². The molecule has 1 fully saturated rings. The van der Waals surface area contributed by atoms with Gasteiger partial charge in [-0.15, -0.1) is 0 Å². The molecule has 2 aliphatic heterocycles. The summed E-state index contributed by atoms with van der Waals surface area (Å²) in [6.45, 7) is 6.88. The maximum Gasteiger partial charge on any atom is 0.254 e. The first-order chi connectivity index (χ1) is 10.6. The number of carbonyl (C=O) groups excluding carboxylic acids is 1. The number of benzene rings is 1. The quantitative estimate of drug-likeness (QED) is 0.799. The zero-order valence-electron chi connectivity index (χ0n) is 13.4. The fourth-order valence-corrected chi connectivity index (χ4v) is 4.08. The lowest BCUT2D eigenvalue weighted by atomic mass is 9.81. The molecule has 0 unspecified atom stereocenters. The van der Waals surface area contributed by atoms with Crippen LogP contribution in [0.2, 0.25) is 0 Å². The molecule has 0 saturated carbocycles. The molecule has 0 N–H and O–H groups in total. The van der Waals surface area contributed by atoms with Gasteiger partial charge in [-0.05, 0) is 41.8 Å². The summed E-state index contributed by atoms with van der Waals surface area (Å²) >= 11 is 6.28. The van der Waals surface area contributed by atoms with Gasteiger partial charge in [-0.2, -0.15) is 0 Å². The lowest BCUT2D eigenvalue weighted by Crippen LogP contribution is -2.49. The Kier molecular flexibility index (Phi) is 4.44. The van der Waals surface area contributed by atoms with Crippen molar-refractivity contribution in [1.29, 1.82) is 0 Å². The Morgan fingerprint density at radius 3 is 2.82 bits per heavy atom. The summed E-state index contributed by atoms with van der Waals surface area (Å²) in [5, 5.41) is 0. The molecular formula is C17H23ClN2O2. The summed E-state index contributed by atoms with van der Waals surface area (Å²) in [4.78, 5) is 15.0. The molecule has 2 aliphatic rings. The van der Waals surface area contributed by atoms with Crippen LogP contribution in [0, 0.1) is 6.92 Å². The molecule has 3 rings (SSSR count). The molecule has 0 spiro atoms. The van der Waals surface area contributed by atoms with Crippen LogP contribution in [0.15, 0.2) is 12.1 Å². The number of carbonyl (C=O) groups is 1. The zero-order chi connectivity index (χ0) is 15.9. The summed E-state index contributed by atoms with van der Waals surface area (Å²) in [6, 6.07) is 4.50. The van der Waals surface area contributed by atoms with Crippen molar-refractivity contribution in [2.45, 2.75) is 32.2 Å². The van der Waals surface area contributed by atoms with Crippen LogP contribution in [-0.2, 0) is 11.2 Å². The molecule has 4 nitrogen and oxygen atoms in total. The third kappa shape index (κ3) is 2.53. The van der Waals surface area contributed by atoms with Crippen molar-refractivity contribution < 1.29 is 9.53 Å². The third-order valence-electron chi connectivity index (χ3n) is 4.89. The summed E-state index contributed by atoms with van der Waals surface area (Å²) in [5.74, 6) is 0.424. The molecule has 0 aliphatic carbocycles. The van der Waals surface area contributed by atoms with Crippen molar-refractivity contribution in [3.63, 3.8) is 0 Å². The normalized spacial score (nSPS) is 24.5. The average Bonchev–Trinajstić information content (AvgIpc) is 2.88. The van der Waals surface area contributed by atoms with Gasteiger partial charge in [0.05, 0.1) is 12.6 Å². The van der Waals surface area contributed by atoms with E-state index in [-0.39, 0.29) is 11.9 Å².